The fourth-order valence-electron chi connectivity index (χ4n) is 4.19. The van der Waals surface area contributed by atoms with Crippen molar-refractivity contribution in [2.24, 2.45) is 0 Å². The average Bonchev–Trinajstić information content (AvgIpc) is 3.19. The summed E-state index contributed by atoms with van der Waals surface area (Å²) in [4.78, 5) is 20.7. The summed E-state index contributed by atoms with van der Waals surface area (Å²) in [7, 11) is 0. The van der Waals surface area contributed by atoms with Crippen LogP contribution in [0.4, 0.5) is 0 Å². The first-order chi connectivity index (χ1) is 15.7. The van der Waals surface area contributed by atoms with Gasteiger partial charge in [0.2, 0.25) is 0 Å². The molecule has 0 saturated carbocycles. The van der Waals surface area contributed by atoms with Crippen molar-refractivity contribution in [2.45, 2.75) is 45.3 Å². The predicted molar refractivity (Wildman–Crippen MR) is 126 cm³/mol. The third kappa shape index (κ3) is 6.57. The number of rotatable bonds is 3. The van der Waals surface area contributed by atoms with Crippen LogP contribution in [0.5, 0.6) is 0 Å². The number of ether oxygens (including phenoxy) is 1. The maximum absolute atomic E-state index is 9.10. The van der Waals surface area contributed by atoms with Crippen molar-refractivity contribution in [2.75, 3.05) is 19.6 Å². The maximum Gasteiger partial charge on any atom is 0.414 e. The largest absolute Gasteiger partial charge is 0.473 e. The van der Waals surface area contributed by atoms with E-state index < -0.39 is 11.9 Å². The van der Waals surface area contributed by atoms with Crippen LogP contribution in [-0.2, 0) is 20.7 Å². The molecule has 1 aliphatic carbocycles. The van der Waals surface area contributed by atoms with Crippen LogP contribution >= 0.6 is 23.2 Å². The van der Waals surface area contributed by atoms with E-state index in [2.05, 4.69) is 29.9 Å². The van der Waals surface area contributed by atoms with Gasteiger partial charge in [-0.25, -0.2) is 14.3 Å². The number of nitrogens with zero attached hydrogens (tertiary/aromatic N) is 3. The Morgan fingerprint density at radius 3 is 2.39 bits per heavy atom. The molecule has 0 radical (unpaired) electrons. The highest BCUT2D eigenvalue weighted by atomic mass is 35.5. The molecule has 2 N–H and O–H groups in total. The summed E-state index contributed by atoms with van der Waals surface area (Å²) < 4.78 is 7.84. The Balaban J connectivity index is 0.000000454. The van der Waals surface area contributed by atoms with Gasteiger partial charge in [-0.1, -0.05) is 29.3 Å². The van der Waals surface area contributed by atoms with Crippen molar-refractivity contribution in [3.63, 3.8) is 0 Å². The first-order valence-corrected chi connectivity index (χ1v) is 11.5. The Morgan fingerprint density at radius 1 is 1.12 bits per heavy atom. The summed E-state index contributed by atoms with van der Waals surface area (Å²) in [5.41, 5.74) is 4.88. The lowest BCUT2D eigenvalue weighted by Gasteiger charge is -2.34. The molecule has 10 heteroatoms. The van der Waals surface area contributed by atoms with Gasteiger partial charge < -0.3 is 14.9 Å². The predicted octanol–water partition coefficient (Wildman–Crippen LogP) is 4.16. The van der Waals surface area contributed by atoms with Crippen molar-refractivity contribution in [1.82, 2.24) is 14.7 Å². The number of carboxylic acid groups (broad SMARTS) is 2. The van der Waals surface area contributed by atoms with E-state index >= 15 is 0 Å². The highest BCUT2D eigenvalue weighted by molar-refractivity contribution is 6.42. The van der Waals surface area contributed by atoms with Gasteiger partial charge >= 0.3 is 11.9 Å². The Hall–Kier alpha value is -2.39. The van der Waals surface area contributed by atoms with E-state index in [0.29, 0.717) is 22.3 Å². The number of aliphatic carboxylic acids is 2. The van der Waals surface area contributed by atoms with Gasteiger partial charge in [0.05, 0.1) is 39.8 Å². The molecule has 8 nitrogen and oxygen atoms in total. The number of allylic oxidation sites excluding steroid dienone is 1. The van der Waals surface area contributed by atoms with Gasteiger partial charge in [0.25, 0.3) is 0 Å². The second-order valence-electron chi connectivity index (χ2n) is 8.18. The number of aromatic nitrogens is 2. The summed E-state index contributed by atoms with van der Waals surface area (Å²) in [5, 5.41) is 20.6. The summed E-state index contributed by atoms with van der Waals surface area (Å²) in [5.74, 6) is -3.65. The lowest BCUT2D eigenvalue weighted by molar-refractivity contribution is -0.159. The van der Waals surface area contributed by atoms with Gasteiger partial charge in [-0.3, -0.25) is 4.90 Å². The van der Waals surface area contributed by atoms with Gasteiger partial charge in [0.15, 0.2) is 0 Å². The minimum atomic E-state index is -1.82. The van der Waals surface area contributed by atoms with Gasteiger partial charge in [0.1, 0.15) is 0 Å². The van der Waals surface area contributed by atoms with Crippen molar-refractivity contribution in [3.8, 4) is 5.69 Å². The number of halogens is 2. The van der Waals surface area contributed by atoms with Crippen LogP contribution in [0.25, 0.3) is 11.3 Å². The Morgan fingerprint density at radius 2 is 1.79 bits per heavy atom. The highest BCUT2D eigenvalue weighted by Gasteiger charge is 2.23. The molecule has 1 aromatic carbocycles. The lowest BCUT2D eigenvalue weighted by atomic mass is 9.92. The Kier molecular flexibility index (Phi) is 8.53. The van der Waals surface area contributed by atoms with Crippen LogP contribution in [0, 0.1) is 0 Å². The van der Waals surface area contributed by atoms with Gasteiger partial charge in [0, 0.05) is 25.2 Å². The van der Waals surface area contributed by atoms with Gasteiger partial charge in [-0.2, -0.15) is 5.10 Å². The van der Waals surface area contributed by atoms with Crippen molar-refractivity contribution < 1.29 is 24.5 Å². The number of carboxylic acids is 2. The molecule has 178 valence electrons. The van der Waals surface area contributed by atoms with Crippen molar-refractivity contribution >= 4 is 40.7 Å². The molecule has 4 rings (SSSR count). The van der Waals surface area contributed by atoms with Crippen molar-refractivity contribution in [1.29, 1.82) is 0 Å². The number of benzene rings is 1. The van der Waals surface area contributed by atoms with Crippen LogP contribution in [0.1, 0.15) is 37.9 Å². The molecule has 1 aliphatic heterocycles. The van der Waals surface area contributed by atoms with E-state index in [1.165, 1.54) is 16.8 Å². The molecule has 2 atom stereocenters. The molecule has 0 bridgehead atoms. The van der Waals surface area contributed by atoms with Crippen LogP contribution < -0.4 is 0 Å². The average molecular weight is 496 g/mol. The fourth-order valence-corrected chi connectivity index (χ4v) is 4.48. The summed E-state index contributed by atoms with van der Waals surface area (Å²) >= 11 is 12.3. The molecular weight excluding hydrogens is 469 g/mol. The third-order valence-electron chi connectivity index (χ3n) is 5.50. The van der Waals surface area contributed by atoms with Gasteiger partial charge in [-0.15, -0.1) is 0 Å². The summed E-state index contributed by atoms with van der Waals surface area (Å²) in [6.07, 6.45) is 8.24. The fraction of sp³-hybridized carbons (Fsp3) is 0.435. The zero-order valence-electron chi connectivity index (χ0n) is 18.5. The van der Waals surface area contributed by atoms with Crippen LogP contribution in [0.15, 0.2) is 30.5 Å². The molecule has 33 heavy (non-hydrogen) atoms. The maximum atomic E-state index is 9.10. The quantitative estimate of drug-likeness (QED) is 0.615. The second kappa shape index (κ2) is 11.2. The normalized spacial score (nSPS) is 21.8. The zero-order valence-corrected chi connectivity index (χ0v) is 20.0. The first kappa shape index (κ1) is 25.2. The van der Waals surface area contributed by atoms with Crippen LogP contribution in [0.2, 0.25) is 10.0 Å². The van der Waals surface area contributed by atoms with Crippen LogP contribution in [0.3, 0.4) is 0 Å². The van der Waals surface area contributed by atoms with E-state index in [9.17, 15) is 0 Å². The molecule has 2 aliphatic rings. The van der Waals surface area contributed by atoms with Gasteiger partial charge in [-0.05, 0) is 56.9 Å². The molecule has 0 amide bonds. The van der Waals surface area contributed by atoms with Crippen molar-refractivity contribution in [3.05, 3.63) is 51.8 Å². The number of carbonyl (C=O) groups is 2. The SMILES string of the molecule is C[C@@H]1CN(C/C=C2\CCCc3c2cnn3-c2ccc(Cl)c(Cl)c2)C[C@H](C)O1.O=C(O)C(=O)O. The molecule has 1 fully saturated rings. The van der Waals surface area contributed by atoms with E-state index in [4.69, 9.17) is 47.7 Å². The monoisotopic (exact) mass is 495 g/mol. The first-order valence-electron chi connectivity index (χ1n) is 10.7. The Bertz CT molecular complexity index is 1030. The van der Waals surface area contributed by atoms with E-state index in [0.717, 1.165) is 44.6 Å². The van der Waals surface area contributed by atoms with Crippen LogP contribution in [-0.4, -0.2) is 68.7 Å². The molecule has 0 unspecified atom stereocenters. The van der Waals surface area contributed by atoms with E-state index in [1.807, 2.05) is 29.1 Å². The third-order valence-corrected chi connectivity index (χ3v) is 6.24. The highest BCUT2D eigenvalue weighted by Crippen LogP contribution is 2.33. The number of morpholine rings is 1. The summed E-state index contributed by atoms with van der Waals surface area (Å²) in [6.45, 7) is 7.24. The molecule has 1 saturated heterocycles. The second-order valence-corrected chi connectivity index (χ2v) is 9.00. The molecule has 2 heterocycles. The molecule has 0 spiro atoms. The number of fused-ring (bicyclic) bond motifs is 1. The molecular formula is C23H27Cl2N3O5. The lowest BCUT2D eigenvalue weighted by Crippen LogP contribution is -2.45. The number of hydrogen-bond acceptors (Lipinski definition) is 5. The van der Waals surface area contributed by atoms with E-state index in [1.54, 1.807) is 0 Å². The standard InChI is InChI=1S/C21H25Cl2N3O.C2H2O4/c1-14-12-25(13-15(2)27-14)9-8-16-4-3-5-21-18(16)11-24-26(21)17-6-7-19(22)20(23)10-17;3-1(4)2(5)6/h6-8,10-11,14-15H,3-5,9,12-13H2,1-2H3;(H,3,4)(H,5,6)/b16-8+;/t14-,15+;. The molecule has 2 aromatic rings. The topological polar surface area (TPSA) is 105 Å². The zero-order chi connectivity index (χ0) is 24.1. The molecule has 1 aromatic heterocycles. The minimum Gasteiger partial charge on any atom is -0.473 e. The summed E-state index contributed by atoms with van der Waals surface area (Å²) in [6, 6.07) is 5.68. The van der Waals surface area contributed by atoms with E-state index in [-0.39, 0.29) is 0 Å². The number of hydrogen-bond donors (Lipinski definition) is 2. The Labute approximate surface area is 202 Å². The smallest absolute Gasteiger partial charge is 0.414 e. The minimum absolute atomic E-state index is 0.298.